The molecule has 1 fully saturated rings. The van der Waals surface area contributed by atoms with E-state index in [0.29, 0.717) is 16.4 Å². The first kappa shape index (κ1) is 14.3. The zero-order valence-electron chi connectivity index (χ0n) is 12.3. The summed E-state index contributed by atoms with van der Waals surface area (Å²) in [6.45, 7) is 6.60. The number of aryl methyl sites for hydroxylation is 2. The minimum atomic E-state index is 0.296. The molecule has 4 nitrogen and oxygen atoms in total. The van der Waals surface area contributed by atoms with Gasteiger partial charge in [-0.1, -0.05) is 38.9 Å². The third-order valence-corrected chi connectivity index (χ3v) is 4.49. The lowest BCUT2D eigenvalue weighted by Gasteiger charge is -2.39. The molecule has 0 radical (unpaired) electrons. The zero-order valence-corrected chi connectivity index (χ0v) is 13.1. The average molecular weight is 280 g/mol. The number of nitrogens with one attached hydrogen (secondary N) is 1. The number of nitrogens with two attached hydrogens (primary N) is 1. The van der Waals surface area contributed by atoms with E-state index in [4.69, 9.17) is 18.0 Å². The number of aromatic nitrogens is 2. The predicted molar refractivity (Wildman–Crippen MR) is 83.5 cm³/mol. The van der Waals surface area contributed by atoms with Crippen molar-refractivity contribution in [2.45, 2.75) is 52.5 Å². The number of thiocarbonyl (C=S) groups is 1. The van der Waals surface area contributed by atoms with Crippen molar-refractivity contribution < 1.29 is 0 Å². The van der Waals surface area contributed by atoms with Crippen molar-refractivity contribution >= 4 is 23.0 Å². The smallest absolute Gasteiger partial charge is 0.134 e. The van der Waals surface area contributed by atoms with Crippen LogP contribution >= 0.6 is 12.2 Å². The fraction of sp³-hybridized carbons (Fsp3) is 0.714. The van der Waals surface area contributed by atoms with Crippen LogP contribution in [0.3, 0.4) is 0 Å². The molecule has 1 unspecified atom stereocenters. The quantitative estimate of drug-likeness (QED) is 0.836. The van der Waals surface area contributed by atoms with Crippen molar-refractivity contribution in [1.82, 2.24) is 9.78 Å². The second-order valence-electron chi connectivity index (χ2n) is 6.23. The van der Waals surface area contributed by atoms with Gasteiger partial charge >= 0.3 is 0 Å². The molecule has 1 heterocycles. The van der Waals surface area contributed by atoms with Gasteiger partial charge in [0.15, 0.2) is 0 Å². The summed E-state index contributed by atoms with van der Waals surface area (Å²) in [6, 6.07) is 0.448. The van der Waals surface area contributed by atoms with Gasteiger partial charge in [0, 0.05) is 13.1 Å². The molecule has 0 aliphatic heterocycles. The maximum Gasteiger partial charge on any atom is 0.134 e. The molecule has 5 heteroatoms. The second kappa shape index (κ2) is 5.12. The van der Waals surface area contributed by atoms with Gasteiger partial charge in [-0.25, -0.2) is 0 Å². The molecular weight excluding hydrogens is 256 g/mol. The molecule has 3 N–H and O–H groups in total. The first-order chi connectivity index (χ1) is 8.83. The van der Waals surface area contributed by atoms with Crippen molar-refractivity contribution in [3.8, 4) is 0 Å². The molecule has 1 aromatic heterocycles. The Morgan fingerprint density at radius 3 is 2.74 bits per heavy atom. The number of hydrogen-bond acceptors (Lipinski definition) is 3. The summed E-state index contributed by atoms with van der Waals surface area (Å²) in [7, 11) is 1.94. The monoisotopic (exact) mass is 280 g/mol. The van der Waals surface area contributed by atoms with Gasteiger partial charge in [0.05, 0.1) is 11.3 Å². The van der Waals surface area contributed by atoms with Crippen LogP contribution in [0, 0.1) is 12.3 Å². The number of anilines is 1. The molecule has 1 aliphatic carbocycles. The van der Waals surface area contributed by atoms with E-state index in [2.05, 4.69) is 24.3 Å². The van der Waals surface area contributed by atoms with Crippen LogP contribution in [-0.2, 0) is 7.05 Å². The van der Waals surface area contributed by atoms with E-state index in [0.717, 1.165) is 17.1 Å². The molecule has 1 aromatic rings. The number of rotatable bonds is 3. The number of hydrogen-bond donors (Lipinski definition) is 2. The lowest BCUT2D eigenvalue weighted by Crippen LogP contribution is -2.39. The van der Waals surface area contributed by atoms with Crippen molar-refractivity contribution in [1.29, 1.82) is 0 Å². The van der Waals surface area contributed by atoms with Gasteiger partial charge in [-0.15, -0.1) is 0 Å². The maximum absolute atomic E-state index is 5.84. The SMILES string of the molecule is Cc1nn(C)c(NC2CCCCC2(C)C)c1C(N)=S. The summed E-state index contributed by atoms with van der Waals surface area (Å²) in [5.41, 5.74) is 7.92. The van der Waals surface area contributed by atoms with Crippen LogP contribution in [-0.4, -0.2) is 20.8 Å². The Bertz CT molecular complexity index is 490. The van der Waals surface area contributed by atoms with Crippen LogP contribution in [0.4, 0.5) is 5.82 Å². The zero-order chi connectivity index (χ0) is 14.2. The van der Waals surface area contributed by atoms with E-state index in [9.17, 15) is 0 Å². The maximum atomic E-state index is 5.84. The van der Waals surface area contributed by atoms with Crippen molar-refractivity contribution in [2.75, 3.05) is 5.32 Å². The highest BCUT2D eigenvalue weighted by molar-refractivity contribution is 7.80. The van der Waals surface area contributed by atoms with Gasteiger partial charge in [-0.3, -0.25) is 4.68 Å². The minimum Gasteiger partial charge on any atom is -0.389 e. The van der Waals surface area contributed by atoms with Crippen molar-refractivity contribution in [3.05, 3.63) is 11.3 Å². The fourth-order valence-corrected chi connectivity index (χ4v) is 3.29. The third-order valence-electron chi connectivity index (χ3n) is 4.29. The summed E-state index contributed by atoms with van der Waals surface area (Å²) in [4.78, 5) is 0.418. The highest BCUT2D eigenvalue weighted by Crippen LogP contribution is 2.37. The van der Waals surface area contributed by atoms with Crippen molar-refractivity contribution in [2.24, 2.45) is 18.2 Å². The highest BCUT2D eigenvalue weighted by Gasteiger charge is 2.33. The van der Waals surface area contributed by atoms with Crippen LogP contribution in [0.2, 0.25) is 0 Å². The topological polar surface area (TPSA) is 55.9 Å². The van der Waals surface area contributed by atoms with Crippen molar-refractivity contribution in [3.63, 3.8) is 0 Å². The van der Waals surface area contributed by atoms with E-state index in [1.165, 1.54) is 25.7 Å². The van der Waals surface area contributed by atoms with Crippen LogP contribution in [0.25, 0.3) is 0 Å². The highest BCUT2D eigenvalue weighted by atomic mass is 32.1. The van der Waals surface area contributed by atoms with Crippen LogP contribution in [0.1, 0.15) is 50.8 Å². The predicted octanol–water partition coefficient (Wildman–Crippen LogP) is 2.74. The van der Waals surface area contributed by atoms with Crippen LogP contribution < -0.4 is 11.1 Å². The van der Waals surface area contributed by atoms with Gasteiger partial charge in [-0.05, 0) is 25.2 Å². The van der Waals surface area contributed by atoms with Gasteiger partial charge in [0.25, 0.3) is 0 Å². The Balaban J connectivity index is 2.30. The molecule has 0 spiro atoms. The van der Waals surface area contributed by atoms with E-state index in [-0.39, 0.29) is 0 Å². The van der Waals surface area contributed by atoms with Gasteiger partial charge in [0.1, 0.15) is 10.8 Å². The molecule has 2 rings (SSSR count). The minimum absolute atomic E-state index is 0.296. The molecule has 19 heavy (non-hydrogen) atoms. The van der Waals surface area contributed by atoms with Crippen LogP contribution in [0.15, 0.2) is 0 Å². The normalized spacial score (nSPS) is 22.2. The molecule has 0 saturated heterocycles. The average Bonchev–Trinajstić information content (AvgIpc) is 2.56. The summed E-state index contributed by atoms with van der Waals surface area (Å²) in [6.07, 6.45) is 5.04. The molecule has 0 aromatic carbocycles. The lowest BCUT2D eigenvalue weighted by atomic mass is 9.73. The number of nitrogens with zero attached hydrogens (tertiary/aromatic N) is 2. The summed E-state index contributed by atoms with van der Waals surface area (Å²) >= 11 is 5.16. The van der Waals surface area contributed by atoms with Crippen LogP contribution in [0.5, 0.6) is 0 Å². The van der Waals surface area contributed by atoms with E-state index in [1.807, 2.05) is 18.7 Å². The molecular formula is C14H24N4S. The van der Waals surface area contributed by atoms with Gasteiger partial charge in [0.2, 0.25) is 0 Å². The Morgan fingerprint density at radius 2 is 2.16 bits per heavy atom. The molecule has 1 aliphatic rings. The second-order valence-corrected chi connectivity index (χ2v) is 6.67. The fourth-order valence-electron chi connectivity index (χ4n) is 3.05. The largest absolute Gasteiger partial charge is 0.389 e. The molecule has 1 saturated carbocycles. The van der Waals surface area contributed by atoms with Gasteiger partial charge < -0.3 is 11.1 Å². The first-order valence-electron chi connectivity index (χ1n) is 6.93. The summed E-state index contributed by atoms with van der Waals surface area (Å²) in [5, 5.41) is 8.08. The summed E-state index contributed by atoms with van der Waals surface area (Å²) < 4.78 is 1.86. The standard InChI is InChI=1S/C14H24N4S/c1-9-11(12(15)19)13(18(4)17-9)16-10-7-5-6-8-14(10,2)3/h10,16H,5-8H2,1-4H3,(H2,15,19). The molecule has 106 valence electrons. The Morgan fingerprint density at radius 1 is 1.47 bits per heavy atom. The third kappa shape index (κ3) is 2.76. The summed E-state index contributed by atoms with van der Waals surface area (Å²) in [5.74, 6) is 0.963. The Hall–Kier alpha value is -1.10. The first-order valence-corrected chi connectivity index (χ1v) is 7.33. The molecule has 0 amide bonds. The van der Waals surface area contributed by atoms with E-state index < -0.39 is 0 Å². The lowest BCUT2D eigenvalue weighted by molar-refractivity contribution is 0.216. The van der Waals surface area contributed by atoms with E-state index >= 15 is 0 Å². The molecule has 1 atom stereocenters. The van der Waals surface area contributed by atoms with Gasteiger partial charge in [-0.2, -0.15) is 5.10 Å². The molecule has 0 bridgehead atoms. The Kier molecular flexibility index (Phi) is 3.85. The Labute approximate surface area is 120 Å². The van der Waals surface area contributed by atoms with E-state index in [1.54, 1.807) is 0 Å².